The van der Waals surface area contributed by atoms with Crippen LogP contribution in [0.25, 0.3) is 0 Å². The summed E-state index contributed by atoms with van der Waals surface area (Å²) in [5.74, 6) is -0.839. The van der Waals surface area contributed by atoms with Crippen molar-refractivity contribution in [1.82, 2.24) is 40.3 Å². The fourth-order valence-corrected chi connectivity index (χ4v) is 7.40. The van der Waals surface area contributed by atoms with E-state index in [1.165, 1.54) is 39.8 Å². The third-order valence-electron chi connectivity index (χ3n) is 6.63. The summed E-state index contributed by atoms with van der Waals surface area (Å²) in [4.78, 5) is 58.8. The van der Waals surface area contributed by atoms with Crippen LogP contribution in [0, 0.1) is 0 Å². The third-order valence-corrected chi connectivity index (χ3v) is 9.74. The molecule has 0 spiro atoms. The number of aromatic nitrogens is 5. The second-order valence-corrected chi connectivity index (χ2v) is 13.4. The first-order chi connectivity index (χ1) is 21.6. The summed E-state index contributed by atoms with van der Waals surface area (Å²) in [6, 6.07) is -0.822. The largest absolute Gasteiger partial charge is 0.508 e. The van der Waals surface area contributed by atoms with Crippen molar-refractivity contribution in [1.29, 1.82) is 0 Å². The molecule has 0 aromatic carbocycles. The monoisotopic (exact) mass is 683 g/mol. The number of thiazole rings is 1. The van der Waals surface area contributed by atoms with Gasteiger partial charge in [-0.25, -0.2) is 19.3 Å². The van der Waals surface area contributed by atoms with Gasteiger partial charge in [0.05, 0.1) is 18.7 Å². The van der Waals surface area contributed by atoms with Crippen molar-refractivity contribution < 1.29 is 33.4 Å². The highest BCUT2D eigenvalue weighted by Gasteiger charge is 2.54. The number of thioether (sulfide) groups is 2. The minimum atomic E-state index is -0.846. The van der Waals surface area contributed by atoms with E-state index in [1.54, 1.807) is 17.0 Å². The number of carbonyl (C=O) groups is 4. The molecular formula is C26H37N9O7S3. The summed E-state index contributed by atoms with van der Waals surface area (Å²) in [5.41, 5.74) is 6.91. The van der Waals surface area contributed by atoms with Gasteiger partial charge in [-0.3, -0.25) is 14.5 Å². The first-order valence-electron chi connectivity index (χ1n) is 14.3. The quantitative estimate of drug-likeness (QED) is 0.111. The number of nitrogen functional groups attached to an aromatic ring is 1. The van der Waals surface area contributed by atoms with Gasteiger partial charge in [0.2, 0.25) is 11.1 Å². The highest BCUT2D eigenvalue weighted by Crippen LogP contribution is 2.42. The summed E-state index contributed by atoms with van der Waals surface area (Å²) in [6.07, 6.45) is 0.393. The van der Waals surface area contributed by atoms with Crippen LogP contribution in [0.3, 0.4) is 0 Å². The number of hydrogen-bond acceptors (Lipinski definition) is 16. The molecule has 4 rings (SSSR count). The van der Waals surface area contributed by atoms with Crippen LogP contribution in [0.15, 0.2) is 21.8 Å². The SMILES string of the molecule is CCCC(C)OC(=O)OCCOC(=O)C1=C(CSc2nnnn2CCN(C)C)CS[C@H]2[C@H](NC(=O)Cc3csc(N)n3)C(=O)N12. The van der Waals surface area contributed by atoms with Crippen molar-refractivity contribution in [2.45, 2.75) is 62.3 Å². The maximum Gasteiger partial charge on any atom is 0.508 e. The van der Waals surface area contributed by atoms with Crippen LogP contribution in [0.4, 0.5) is 9.93 Å². The number of hydrogen-bond donors (Lipinski definition) is 2. The number of anilines is 1. The molecule has 0 bridgehead atoms. The molecule has 2 amide bonds. The molecule has 0 aliphatic carbocycles. The summed E-state index contributed by atoms with van der Waals surface area (Å²) < 4.78 is 17.3. The minimum Gasteiger partial charge on any atom is -0.457 e. The summed E-state index contributed by atoms with van der Waals surface area (Å²) in [6.45, 7) is 4.60. The van der Waals surface area contributed by atoms with E-state index < -0.39 is 29.4 Å². The molecule has 19 heteroatoms. The van der Waals surface area contributed by atoms with Gasteiger partial charge in [0.1, 0.15) is 36.4 Å². The number of β-lactam (4-membered cyclic amide) rings is 1. The molecule has 1 saturated heterocycles. The number of fused-ring (bicyclic) bond motifs is 1. The van der Waals surface area contributed by atoms with E-state index in [-0.39, 0.29) is 37.3 Å². The van der Waals surface area contributed by atoms with E-state index >= 15 is 0 Å². The van der Waals surface area contributed by atoms with Gasteiger partial charge in [-0.1, -0.05) is 25.1 Å². The van der Waals surface area contributed by atoms with Crippen LogP contribution in [-0.2, 0) is 41.6 Å². The molecule has 2 aliphatic rings. The van der Waals surface area contributed by atoms with Crippen molar-refractivity contribution >= 4 is 63.9 Å². The van der Waals surface area contributed by atoms with Gasteiger partial charge in [0.15, 0.2) is 5.13 Å². The van der Waals surface area contributed by atoms with Gasteiger partial charge in [-0.05, 0) is 43.4 Å². The van der Waals surface area contributed by atoms with Crippen molar-refractivity contribution in [3.05, 3.63) is 22.3 Å². The van der Waals surface area contributed by atoms with E-state index in [1.807, 2.05) is 25.9 Å². The van der Waals surface area contributed by atoms with Crippen molar-refractivity contribution in [3.63, 3.8) is 0 Å². The lowest BCUT2D eigenvalue weighted by atomic mass is 10.0. The van der Waals surface area contributed by atoms with Crippen LogP contribution in [0.2, 0.25) is 0 Å². The Labute approximate surface area is 272 Å². The first-order valence-corrected chi connectivity index (χ1v) is 17.2. The Morgan fingerprint density at radius 1 is 1.27 bits per heavy atom. The molecule has 246 valence electrons. The van der Waals surface area contributed by atoms with Crippen LogP contribution in [0.1, 0.15) is 32.4 Å². The topological polar surface area (TPSA) is 197 Å². The highest BCUT2D eigenvalue weighted by molar-refractivity contribution is 8.01. The number of carbonyl (C=O) groups excluding carboxylic acids is 4. The summed E-state index contributed by atoms with van der Waals surface area (Å²) >= 11 is 4.00. The average Bonchev–Trinajstić information content (AvgIpc) is 3.63. The van der Waals surface area contributed by atoms with Crippen molar-refractivity contribution in [2.75, 3.05) is 51.1 Å². The lowest BCUT2D eigenvalue weighted by Crippen LogP contribution is -2.70. The number of nitrogens with zero attached hydrogens (tertiary/aromatic N) is 7. The molecule has 2 aromatic heterocycles. The van der Waals surface area contributed by atoms with Gasteiger partial charge in [-0.15, -0.1) is 28.2 Å². The van der Waals surface area contributed by atoms with Crippen molar-refractivity contribution in [2.24, 2.45) is 0 Å². The van der Waals surface area contributed by atoms with Crippen LogP contribution in [0.5, 0.6) is 0 Å². The zero-order valence-electron chi connectivity index (χ0n) is 25.5. The molecular weight excluding hydrogens is 647 g/mol. The molecule has 2 aliphatic heterocycles. The van der Waals surface area contributed by atoms with E-state index in [0.29, 0.717) is 46.0 Å². The molecule has 0 radical (unpaired) electrons. The molecule has 1 fully saturated rings. The number of nitrogens with two attached hydrogens (primary N) is 1. The third kappa shape index (κ3) is 9.30. The Morgan fingerprint density at radius 2 is 2.04 bits per heavy atom. The molecule has 2 aromatic rings. The van der Waals surface area contributed by atoms with E-state index in [4.69, 9.17) is 19.9 Å². The zero-order valence-corrected chi connectivity index (χ0v) is 27.9. The first kappa shape index (κ1) is 34.5. The predicted molar refractivity (Wildman–Crippen MR) is 167 cm³/mol. The van der Waals surface area contributed by atoms with Gasteiger partial charge in [0.25, 0.3) is 5.91 Å². The van der Waals surface area contributed by atoms with Gasteiger partial charge < -0.3 is 30.2 Å². The Kier molecular flexibility index (Phi) is 12.4. The maximum atomic E-state index is 13.4. The van der Waals surface area contributed by atoms with Crippen LogP contribution < -0.4 is 11.1 Å². The average molecular weight is 684 g/mol. The number of nitrogens with one attached hydrogen (secondary N) is 1. The minimum absolute atomic E-state index is 0.0241. The van der Waals surface area contributed by atoms with Crippen molar-refractivity contribution in [3.8, 4) is 0 Å². The maximum absolute atomic E-state index is 13.4. The van der Waals surface area contributed by atoms with Crippen LogP contribution in [-0.4, -0.2) is 122 Å². The smallest absolute Gasteiger partial charge is 0.457 e. The number of esters is 1. The summed E-state index contributed by atoms with van der Waals surface area (Å²) in [7, 11) is 3.90. The zero-order chi connectivity index (χ0) is 32.5. The number of rotatable bonds is 16. The van der Waals surface area contributed by atoms with Gasteiger partial charge >= 0.3 is 12.1 Å². The van der Waals surface area contributed by atoms with Crippen LogP contribution >= 0.6 is 34.9 Å². The van der Waals surface area contributed by atoms with Gasteiger partial charge in [0, 0.05) is 23.4 Å². The number of ether oxygens (including phenoxy) is 3. The Morgan fingerprint density at radius 3 is 2.76 bits per heavy atom. The lowest BCUT2D eigenvalue weighted by molar-refractivity contribution is -0.153. The second-order valence-electron chi connectivity index (χ2n) is 10.5. The van der Waals surface area contributed by atoms with E-state index in [9.17, 15) is 19.2 Å². The predicted octanol–water partition coefficient (Wildman–Crippen LogP) is 1.15. The summed E-state index contributed by atoms with van der Waals surface area (Å²) in [5, 5.41) is 16.8. The number of amides is 2. The Bertz CT molecular complexity index is 1400. The Hall–Kier alpha value is -3.42. The molecule has 1 unspecified atom stereocenters. The molecule has 3 atom stereocenters. The lowest BCUT2D eigenvalue weighted by Gasteiger charge is -2.49. The van der Waals surface area contributed by atoms with E-state index in [2.05, 4.69) is 25.8 Å². The second kappa shape index (κ2) is 16.2. The fraction of sp³-hybridized carbons (Fsp3) is 0.615. The number of likely N-dealkylation sites (N-methyl/N-ethyl adjacent to an activating group) is 1. The molecule has 4 heterocycles. The number of tetrazole rings is 1. The normalized spacial score (nSPS) is 18.3. The standard InChI is InChI=1S/C26H37N9O7S3/c1-5-6-15(2)42-26(39)41-10-9-40-23(38)20-16(13-45-25-30-31-32-34(25)8-7-33(3)4)12-43-22-19(21(37)35(20)22)29-18(36)11-17-14-44-24(27)28-17/h14-15,19,22H,5-13H2,1-4H3,(H2,27,28)(H,29,36)/t15?,19-,22+/m1/s1. The van der Waals surface area contributed by atoms with E-state index in [0.717, 1.165) is 13.0 Å². The molecule has 0 saturated carbocycles. The fourth-order valence-electron chi connectivity index (χ4n) is 4.45. The molecule has 45 heavy (non-hydrogen) atoms. The molecule has 16 nitrogen and oxygen atoms in total. The Balaban J connectivity index is 1.42. The van der Waals surface area contributed by atoms with Gasteiger partial charge in [-0.2, -0.15) is 0 Å². The molecule has 3 N–H and O–H groups in total. The highest BCUT2D eigenvalue weighted by atomic mass is 32.2.